The van der Waals surface area contributed by atoms with Crippen LogP contribution in [0.25, 0.3) is 11.1 Å². The third-order valence-electron chi connectivity index (χ3n) is 4.52. The second kappa shape index (κ2) is 14.1. The molecule has 0 bridgehead atoms. The van der Waals surface area contributed by atoms with Crippen LogP contribution in [-0.2, 0) is 0 Å². The molecule has 0 atom stereocenters. The molecule has 2 nitrogen and oxygen atoms in total. The molecular weight excluding hydrogens is 354 g/mol. The third kappa shape index (κ3) is 8.94. The molecule has 0 aromatic heterocycles. The lowest BCUT2D eigenvalue weighted by molar-refractivity contribution is -0.888. The highest BCUT2D eigenvalue weighted by Gasteiger charge is 2.03. The van der Waals surface area contributed by atoms with Gasteiger partial charge >= 0.3 is 0 Å². The summed E-state index contributed by atoms with van der Waals surface area (Å²) in [5.41, 5.74) is 2.46. The Morgan fingerprint density at radius 3 is 1.96 bits per heavy atom. The SMILES string of the molecule is C=CC[NH+](CC=C)CCCCCCOc1ccc(-c2ccccc2)cc1.[Cl-]. The number of nitrogens with one attached hydrogen (secondary N) is 1. The molecule has 0 aliphatic carbocycles. The van der Waals surface area contributed by atoms with Crippen molar-refractivity contribution in [3.05, 3.63) is 79.9 Å². The summed E-state index contributed by atoms with van der Waals surface area (Å²) in [4.78, 5) is 1.55. The van der Waals surface area contributed by atoms with Gasteiger partial charge in [-0.05, 0) is 61.1 Å². The Morgan fingerprint density at radius 1 is 0.741 bits per heavy atom. The van der Waals surface area contributed by atoms with E-state index in [-0.39, 0.29) is 12.4 Å². The Balaban J connectivity index is 0.00000364. The number of unbranched alkanes of at least 4 members (excludes halogenated alkanes) is 3. The predicted molar refractivity (Wildman–Crippen MR) is 112 cm³/mol. The molecule has 0 fully saturated rings. The van der Waals surface area contributed by atoms with Crippen molar-refractivity contribution in [2.75, 3.05) is 26.2 Å². The highest BCUT2D eigenvalue weighted by molar-refractivity contribution is 5.63. The van der Waals surface area contributed by atoms with Gasteiger partial charge in [-0.2, -0.15) is 0 Å². The molecule has 2 rings (SSSR count). The maximum absolute atomic E-state index is 5.87. The molecular formula is C24H32ClNO. The van der Waals surface area contributed by atoms with Crippen LogP contribution >= 0.6 is 0 Å². The normalized spacial score (nSPS) is 10.3. The fourth-order valence-corrected chi connectivity index (χ4v) is 3.09. The van der Waals surface area contributed by atoms with Crippen molar-refractivity contribution in [2.24, 2.45) is 0 Å². The lowest BCUT2D eigenvalue weighted by atomic mass is 10.1. The highest BCUT2D eigenvalue weighted by atomic mass is 35.5. The van der Waals surface area contributed by atoms with Gasteiger partial charge in [0.2, 0.25) is 0 Å². The number of hydrogen-bond donors (Lipinski definition) is 1. The molecule has 0 heterocycles. The van der Waals surface area contributed by atoms with Gasteiger partial charge in [-0.1, -0.05) is 55.6 Å². The summed E-state index contributed by atoms with van der Waals surface area (Å²) >= 11 is 0. The van der Waals surface area contributed by atoms with E-state index in [0.717, 1.165) is 31.9 Å². The van der Waals surface area contributed by atoms with Crippen LogP contribution in [-0.4, -0.2) is 26.2 Å². The Kier molecular flexibility index (Phi) is 12.0. The summed E-state index contributed by atoms with van der Waals surface area (Å²) in [7, 11) is 0. The van der Waals surface area contributed by atoms with Gasteiger partial charge in [0.1, 0.15) is 5.75 Å². The Bertz CT molecular complexity index is 629. The molecule has 0 spiro atoms. The van der Waals surface area contributed by atoms with Crippen molar-refractivity contribution < 1.29 is 22.0 Å². The number of halogens is 1. The van der Waals surface area contributed by atoms with Crippen LogP contribution in [0.5, 0.6) is 5.75 Å². The van der Waals surface area contributed by atoms with E-state index in [1.807, 2.05) is 18.2 Å². The molecule has 27 heavy (non-hydrogen) atoms. The minimum atomic E-state index is 0. The van der Waals surface area contributed by atoms with Crippen molar-refractivity contribution in [3.63, 3.8) is 0 Å². The zero-order valence-electron chi connectivity index (χ0n) is 16.2. The number of quaternary nitrogens is 1. The van der Waals surface area contributed by atoms with E-state index in [0.29, 0.717) is 0 Å². The largest absolute Gasteiger partial charge is 1.00 e. The van der Waals surface area contributed by atoms with Crippen molar-refractivity contribution in [3.8, 4) is 16.9 Å². The highest BCUT2D eigenvalue weighted by Crippen LogP contribution is 2.22. The summed E-state index contributed by atoms with van der Waals surface area (Å²) < 4.78 is 5.87. The van der Waals surface area contributed by atoms with Crippen molar-refractivity contribution >= 4 is 0 Å². The van der Waals surface area contributed by atoms with E-state index in [2.05, 4.69) is 61.7 Å². The summed E-state index contributed by atoms with van der Waals surface area (Å²) in [6, 6.07) is 18.8. The summed E-state index contributed by atoms with van der Waals surface area (Å²) in [5.74, 6) is 0.956. The van der Waals surface area contributed by atoms with E-state index >= 15 is 0 Å². The molecule has 0 saturated heterocycles. The van der Waals surface area contributed by atoms with Gasteiger partial charge in [0, 0.05) is 0 Å². The molecule has 0 aliphatic heterocycles. The topological polar surface area (TPSA) is 13.7 Å². The first-order valence-electron chi connectivity index (χ1n) is 9.67. The van der Waals surface area contributed by atoms with Crippen LogP contribution in [0.3, 0.4) is 0 Å². The zero-order valence-corrected chi connectivity index (χ0v) is 17.0. The molecule has 0 aliphatic rings. The first kappa shape index (κ1) is 23.0. The first-order chi connectivity index (χ1) is 12.8. The molecule has 0 saturated carbocycles. The maximum Gasteiger partial charge on any atom is 0.119 e. The zero-order chi connectivity index (χ0) is 18.5. The number of ether oxygens (including phenoxy) is 1. The number of hydrogen-bond acceptors (Lipinski definition) is 1. The predicted octanol–water partition coefficient (Wildman–Crippen LogP) is 1.55. The minimum Gasteiger partial charge on any atom is -1.00 e. The lowest BCUT2D eigenvalue weighted by Crippen LogP contribution is -3.11. The van der Waals surface area contributed by atoms with Gasteiger partial charge in [0.15, 0.2) is 0 Å². The average Bonchev–Trinajstić information content (AvgIpc) is 2.69. The van der Waals surface area contributed by atoms with Crippen LogP contribution in [0, 0.1) is 0 Å². The molecule has 1 N–H and O–H groups in total. The van der Waals surface area contributed by atoms with Gasteiger partial charge in [-0.3, -0.25) is 0 Å². The van der Waals surface area contributed by atoms with Crippen molar-refractivity contribution in [1.29, 1.82) is 0 Å². The van der Waals surface area contributed by atoms with Crippen LogP contribution in [0.4, 0.5) is 0 Å². The number of benzene rings is 2. The molecule has 2 aromatic carbocycles. The van der Waals surface area contributed by atoms with E-state index < -0.39 is 0 Å². The molecule has 0 unspecified atom stereocenters. The second-order valence-electron chi connectivity index (χ2n) is 6.64. The fourth-order valence-electron chi connectivity index (χ4n) is 3.09. The molecule has 0 amide bonds. The summed E-state index contributed by atoms with van der Waals surface area (Å²) in [6.45, 7) is 11.7. The van der Waals surface area contributed by atoms with E-state index in [4.69, 9.17) is 4.74 Å². The van der Waals surface area contributed by atoms with Crippen molar-refractivity contribution in [1.82, 2.24) is 0 Å². The quantitative estimate of drug-likeness (QED) is 0.408. The maximum atomic E-state index is 5.87. The molecule has 3 heteroatoms. The van der Waals surface area contributed by atoms with Gasteiger partial charge in [0.05, 0.1) is 26.2 Å². The van der Waals surface area contributed by atoms with Crippen LogP contribution in [0.1, 0.15) is 25.7 Å². The van der Waals surface area contributed by atoms with Crippen LogP contribution in [0.15, 0.2) is 79.9 Å². The first-order valence-corrected chi connectivity index (χ1v) is 9.67. The van der Waals surface area contributed by atoms with Gasteiger partial charge < -0.3 is 22.0 Å². The fraction of sp³-hybridized carbons (Fsp3) is 0.333. The third-order valence-corrected chi connectivity index (χ3v) is 4.52. The molecule has 2 aromatic rings. The lowest BCUT2D eigenvalue weighted by Gasteiger charge is -2.15. The van der Waals surface area contributed by atoms with Gasteiger partial charge in [-0.15, -0.1) is 0 Å². The molecule has 0 radical (unpaired) electrons. The summed E-state index contributed by atoms with van der Waals surface area (Å²) in [6.07, 6.45) is 8.83. The average molecular weight is 386 g/mol. The Morgan fingerprint density at radius 2 is 1.33 bits per heavy atom. The van der Waals surface area contributed by atoms with Crippen LogP contribution < -0.4 is 22.0 Å². The van der Waals surface area contributed by atoms with E-state index in [1.54, 1.807) is 4.90 Å². The number of rotatable bonds is 13. The Labute approximate surface area is 171 Å². The Hall–Kier alpha value is -2.03. The van der Waals surface area contributed by atoms with Crippen molar-refractivity contribution in [2.45, 2.75) is 25.7 Å². The smallest absolute Gasteiger partial charge is 0.119 e. The standard InChI is InChI=1S/C24H31NO.ClH/c1-3-18-25(19-4-2)20-10-5-6-11-21-26-24-16-14-23(15-17-24)22-12-8-7-9-13-22;/h3-4,7-9,12-17H,1-2,5-6,10-11,18-21H2;1H. The van der Waals surface area contributed by atoms with E-state index in [9.17, 15) is 0 Å². The van der Waals surface area contributed by atoms with E-state index in [1.165, 1.54) is 36.9 Å². The second-order valence-corrected chi connectivity index (χ2v) is 6.64. The molecule has 146 valence electrons. The van der Waals surface area contributed by atoms with Gasteiger partial charge in [-0.25, -0.2) is 0 Å². The van der Waals surface area contributed by atoms with Gasteiger partial charge in [0.25, 0.3) is 0 Å². The summed E-state index contributed by atoms with van der Waals surface area (Å²) in [5, 5.41) is 0. The van der Waals surface area contributed by atoms with Crippen LogP contribution in [0.2, 0.25) is 0 Å². The minimum absolute atomic E-state index is 0. The monoisotopic (exact) mass is 385 g/mol.